The average molecular weight is 459 g/mol. The van der Waals surface area contributed by atoms with Crippen molar-refractivity contribution < 1.29 is 23.5 Å². The summed E-state index contributed by atoms with van der Waals surface area (Å²) in [5.41, 5.74) is 2.15. The van der Waals surface area contributed by atoms with Gasteiger partial charge in [-0.05, 0) is 18.2 Å². The summed E-state index contributed by atoms with van der Waals surface area (Å²) in [5, 5.41) is 6.34. The third-order valence-electron chi connectivity index (χ3n) is 5.29. The molecule has 1 aliphatic rings. The van der Waals surface area contributed by atoms with Gasteiger partial charge < -0.3 is 25.1 Å². The number of esters is 1. The van der Waals surface area contributed by atoms with Crippen molar-refractivity contribution in [3.63, 3.8) is 0 Å². The van der Waals surface area contributed by atoms with Crippen LogP contribution in [0.2, 0.25) is 5.02 Å². The number of nitrogens with zero attached hydrogens (tertiary/aromatic N) is 1. The normalized spacial score (nSPS) is 15.0. The largest absolute Gasteiger partial charge is 0.493 e. The Balaban J connectivity index is 1.92. The minimum Gasteiger partial charge on any atom is -0.493 e. The predicted octanol–water partition coefficient (Wildman–Crippen LogP) is 4.01. The molecule has 10 heteroatoms. The van der Waals surface area contributed by atoms with E-state index in [9.17, 15) is 14.0 Å². The highest BCUT2D eigenvalue weighted by molar-refractivity contribution is 6.32. The van der Waals surface area contributed by atoms with Gasteiger partial charge in [-0.1, -0.05) is 17.7 Å². The minimum atomic E-state index is -0.572. The van der Waals surface area contributed by atoms with Gasteiger partial charge in [0.2, 0.25) is 0 Å². The van der Waals surface area contributed by atoms with Crippen LogP contribution in [0.15, 0.2) is 36.7 Å². The smallest absolute Gasteiger partial charge is 0.306 e. The van der Waals surface area contributed by atoms with Gasteiger partial charge in [0.1, 0.15) is 0 Å². The Labute approximate surface area is 188 Å². The number of H-pyrrole nitrogens is 1. The van der Waals surface area contributed by atoms with Crippen molar-refractivity contribution in [1.29, 1.82) is 0 Å². The highest BCUT2D eigenvalue weighted by atomic mass is 35.5. The lowest BCUT2D eigenvalue weighted by molar-refractivity contribution is -0.141. The maximum Gasteiger partial charge on any atom is 0.306 e. The molecule has 0 fully saturated rings. The van der Waals surface area contributed by atoms with Crippen molar-refractivity contribution in [2.75, 3.05) is 26.1 Å². The second-order valence-corrected chi connectivity index (χ2v) is 7.56. The molecule has 3 aromatic rings. The summed E-state index contributed by atoms with van der Waals surface area (Å²) < 4.78 is 24.9. The van der Waals surface area contributed by atoms with Gasteiger partial charge in [-0.25, -0.2) is 4.39 Å². The first-order chi connectivity index (χ1) is 15.4. The van der Waals surface area contributed by atoms with Crippen LogP contribution in [-0.2, 0) is 9.53 Å². The quantitative estimate of drug-likeness (QED) is 0.482. The molecular formula is C22H20ClFN4O4. The number of aromatic amines is 1. The number of carbonyl (C=O) groups is 2. The van der Waals surface area contributed by atoms with Crippen LogP contribution in [0.5, 0.6) is 5.75 Å². The number of rotatable bonds is 6. The number of para-hydroxylation sites is 1. The molecular weight excluding hydrogens is 439 g/mol. The van der Waals surface area contributed by atoms with E-state index in [-0.39, 0.29) is 35.9 Å². The van der Waals surface area contributed by atoms with Gasteiger partial charge in [0.05, 0.1) is 54.5 Å². The monoisotopic (exact) mass is 458 g/mol. The van der Waals surface area contributed by atoms with Crippen molar-refractivity contribution in [1.82, 2.24) is 15.3 Å². The number of anilines is 2. The first-order valence-electron chi connectivity index (χ1n) is 9.74. The van der Waals surface area contributed by atoms with Crippen LogP contribution in [0.3, 0.4) is 0 Å². The number of pyridine rings is 1. The molecule has 0 saturated heterocycles. The first kappa shape index (κ1) is 21.6. The second-order valence-electron chi connectivity index (χ2n) is 7.15. The van der Waals surface area contributed by atoms with E-state index in [1.165, 1.54) is 26.5 Å². The lowest BCUT2D eigenvalue weighted by atomic mass is 9.93. The SMILES string of the molecule is COC(=O)CC1CNC(=O)c2c1[nH]c(-c1ccncc1F)c2Nc1cccc(Cl)c1OC. The number of halogens is 2. The zero-order valence-corrected chi connectivity index (χ0v) is 18.0. The Morgan fingerprint density at radius 1 is 1.34 bits per heavy atom. The number of methoxy groups -OCH3 is 2. The summed E-state index contributed by atoms with van der Waals surface area (Å²) in [6, 6.07) is 6.61. The lowest BCUT2D eigenvalue weighted by Crippen LogP contribution is -2.36. The number of fused-ring (bicyclic) bond motifs is 1. The van der Waals surface area contributed by atoms with E-state index in [4.69, 9.17) is 21.1 Å². The average Bonchev–Trinajstić information content (AvgIpc) is 3.16. The molecule has 1 aromatic carbocycles. The molecule has 166 valence electrons. The molecule has 4 rings (SSSR count). The van der Waals surface area contributed by atoms with Crippen molar-refractivity contribution in [2.45, 2.75) is 12.3 Å². The molecule has 3 heterocycles. The number of ether oxygens (including phenoxy) is 2. The highest BCUT2D eigenvalue weighted by Crippen LogP contribution is 2.43. The Morgan fingerprint density at radius 3 is 2.88 bits per heavy atom. The van der Waals surface area contributed by atoms with E-state index in [2.05, 4.69) is 20.6 Å². The summed E-state index contributed by atoms with van der Waals surface area (Å²) in [5.74, 6) is -1.36. The molecule has 3 N–H and O–H groups in total. The van der Waals surface area contributed by atoms with Gasteiger partial charge in [-0.2, -0.15) is 0 Å². The lowest BCUT2D eigenvalue weighted by Gasteiger charge is -2.23. The summed E-state index contributed by atoms with van der Waals surface area (Å²) >= 11 is 6.25. The Kier molecular flexibility index (Phi) is 6.00. The van der Waals surface area contributed by atoms with Gasteiger partial charge in [-0.3, -0.25) is 14.6 Å². The third kappa shape index (κ3) is 3.87. The van der Waals surface area contributed by atoms with Gasteiger partial charge >= 0.3 is 5.97 Å². The molecule has 32 heavy (non-hydrogen) atoms. The van der Waals surface area contributed by atoms with Gasteiger partial charge in [0, 0.05) is 29.9 Å². The predicted molar refractivity (Wildman–Crippen MR) is 117 cm³/mol. The topological polar surface area (TPSA) is 105 Å². The van der Waals surface area contributed by atoms with Crippen molar-refractivity contribution in [3.8, 4) is 17.0 Å². The fourth-order valence-electron chi connectivity index (χ4n) is 3.78. The molecule has 1 amide bonds. The summed E-state index contributed by atoms with van der Waals surface area (Å²) in [6.07, 6.45) is 2.58. The van der Waals surface area contributed by atoms with Crippen LogP contribution in [0.4, 0.5) is 15.8 Å². The Bertz CT molecular complexity index is 1200. The Morgan fingerprint density at radius 2 is 2.16 bits per heavy atom. The van der Waals surface area contributed by atoms with Crippen molar-refractivity contribution in [3.05, 3.63) is 58.8 Å². The van der Waals surface area contributed by atoms with Gasteiger partial charge in [0.25, 0.3) is 5.91 Å². The zero-order chi connectivity index (χ0) is 22.8. The number of nitrogens with one attached hydrogen (secondary N) is 3. The second kappa shape index (κ2) is 8.88. The minimum absolute atomic E-state index is 0.0441. The summed E-state index contributed by atoms with van der Waals surface area (Å²) in [7, 11) is 2.77. The first-order valence-corrected chi connectivity index (χ1v) is 10.1. The number of amides is 1. The van der Waals surface area contributed by atoms with Crippen LogP contribution < -0.4 is 15.4 Å². The van der Waals surface area contributed by atoms with Gasteiger partial charge in [0.15, 0.2) is 11.6 Å². The molecule has 0 bridgehead atoms. The number of hydrogen-bond acceptors (Lipinski definition) is 6. The molecule has 0 spiro atoms. The standard InChI is InChI=1S/C22H20ClFN4O4/c1-31-16(29)8-11-9-26-22(30)17-18(11)28-19(12-6-7-25-10-14(12)24)20(17)27-15-5-3-4-13(23)21(15)32-2/h3-7,10-11,27-28H,8-9H2,1-2H3,(H,26,30). The van der Waals surface area contributed by atoms with Gasteiger partial charge in [-0.15, -0.1) is 0 Å². The molecule has 2 aromatic heterocycles. The van der Waals surface area contributed by atoms with Crippen LogP contribution >= 0.6 is 11.6 Å². The molecule has 0 aliphatic carbocycles. The molecule has 0 saturated carbocycles. The maximum absolute atomic E-state index is 14.7. The molecule has 1 aliphatic heterocycles. The molecule has 0 radical (unpaired) electrons. The molecule has 8 nitrogen and oxygen atoms in total. The van der Waals surface area contributed by atoms with E-state index in [0.29, 0.717) is 33.5 Å². The number of benzene rings is 1. The summed E-state index contributed by atoms with van der Waals surface area (Å²) in [4.78, 5) is 31.8. The van der Waals surface area contributed by atoms with E-state index in [1.807, 2.05) is 0 Å². The van der Waals surface area contributed by atoms with E-state index in [0.717, 1.165) is 6.20 Å². The zero-order valence-electron chi connectivity index (χ0n) is 17.3. The fraction of sp³-hybridized carbons (Fsp3) is 0.227. The maximum atomic E-state index is 14.7. The van der Waals surface area contributed by atoms with Crippen LogP contribution in [0.1, 0.15) is 28.4 Å². The fourth-order valence-corrected chi connectivity index (χ4v) is 4.03. The van der Waals surface area contributed by atoms with Crippen molar-refractivity contribution in [2.24, 2.45) is 0 Å². The highest BCUT2D eigenvalue weighted by Gasteiger charge is 2.34. The third-order valence-corrected chi connectivity index (χ3v) is 5.58. The van der Waals surface area contributed by atoms with Crippen LogP contribution in [0, 0.1) is 5.82 Å². The number of hydrogen-bond donors (Lipinski definition) is 3. The number of aromatic nitrogens is 2. The molecule has 1 atom stereocenters. The van der Waals surface area contributed by atoms with E-state index in [1.54, 1.807) is 18.2 Å². The Hall–Kier alpha value is -3.59. The van der Waals surface area contributed by atoms with E-state index < -0.39 is 11.8 Å². The van der Waals surface area contributed by atoms with Crippen LogP contribution in [0.25, 0.3) is 11.3 Å². The summed E-state index contributed by atoms with van der Waals surface area (Å²) in [6.45, 7) is 0.236. The van der Waals surface area contributed by atoms with E-state index >= 15 is 0 Å². The molecule has 1 unspecified atom stereocenters. The van der Waals surface area contributed by atoms with Crippen molar-refractivity contribution >= 4 is 34.9 Å². The number of carbonyl (C=O) groups excluding carboxylic acids is 2. The van der Waals surface area contributed by atoms with Crippen LogP contribution in [-0.4, -0.2) is 42.6 Å².